The summed E-state index contributed by atoms with van der Waals surface area (Å²) in [5.74, 6) is -0.165. The minimum Gasteiger partial charge on any atom is -0.395 e. The van der Waals surface area contributed by atoms with Crippen molar-refractivity contribution in [1.29, 1.82) is 0 Å². The molecular weight excluding hydrogens is 328 g/mol. The van der Waals surface area contributed by atoms with Gasteiger partial charge in [-0.1, -0.05) is 11.3 Å². The molecule has 23 heavy (non-hydrogen) atoms. The first-order valence-electron chi connectivity index (χ1n) is 7.22. The van der Waals surface area contributed by atoms with Crippen LogP contribution in [-0.4, -0.2) is 30.3 Å². The van der Waals surface area contributed by atoms with Crippen molar-refractivity contribution in [2.24, 2.45) is 5.92 Å². The summed E-state index contributed by atoms with van der Waals surface area (Å²) >= 11 is 1.22. The number of amides is 1. The maximum atomic E-state index is 13.0. The second-order valence-corrected chi connectivity index (χ2v) is 6.50. The lowest BCUT2D eigenvalue weighted by atomic mass is 9.97. The van der Waals surface area contributed by atoms with E-state index in [4.69, 9.17) is 0 Å². The van der Waals surface area contributed by atoms with Crippen LogP contribution in [-0.2, 0) is 4.79 Å². The molecule has 122 valence electrons. The van der Waals surface area contributed by atoms with Gasteiger partial charge in [0.2, 0.25) is 5.91 Å². The van der Waals surface area contributed by atoms with Crippen LogP contribution in [0.25, 0.3) is 10.2 Å². The van der Waals surface area contributed by atoms with Crippen LogP contribution >= 0.6 is 11.3 Å². The number of nitrogens with one attached hydrogen (secondary N) is 2. The van der Waals surface area contributed by atoms with Crippen LogP contribution in [0.1, 0.15) is 12.8 Å². The topological polar surface area (TPSA) is 72.5 Å². The third-order valence-corrected chi connectivity index (χ3v) is 4.79. The smallest absolute Gasteiger partial charge is 0.395 e. The van der Waals surface area contributed by atoms with Gasteiger partial charge >= 0.3 is 6.29 Å². The van der Waals surface area contributed by atoms with Gasteiger partial charge in [-0.15, -0.1) is 8.78 Å². The molecular formula is C14H13F2N3O3S. The SMILES string of the molecule is O=C(Nc1nc2cc3c(cc2s1)OC(F)(F)O3)C1CCNCC1. The molecule has 6 nitrogen and oxygen atoms in total. The number of hydrogen-bond donors (Lipinski definition) is 2. The monoisotopic (exact) mass is 341 g/mol. The highest BCUT2D eigenvalue weighted by Crippen LogP contribution is 2.44. The molecule has 1 aromatic carbocycles. The van der Waals surface area contributed by atoms with Crippen molar-refractivity contribution in [2.45, 2.75) is 19.1 Å². The zero-order chi connectivity index (χ0) is 16.0. The molecule has 0 aliphatic carbocycles. The van der Waals surface area contributed by atoms with E-state index in [9.17, 15) is 13.6 Å². The van der Waals surface area contributed by atoms with Crippen molar-refractivity contribution in [2.75, 3.05) is 18.4 Å². The number of hydrogen-bond acceptors (Lipinski definition) is 6. The van der Waals surface area contributed by atoms with Gasteiger partial charge in [0.05, 0.1) is 10.2 Å². The fraction of sp³-hybridized carbons (Fsp3) is 0.429. The van der Waals surface area contributed by atoms with Gasteiger partial charge in [-0.05, 0) is 25.9 Å². The molecule has 1 saturated heterocycles. The molecule has 1 fully saturated rings. The Labute approximate surface area is 133 Å². The highest BCUT2D eigenvalue weighted by molar-refractivity contribution is 7.22. The Bertz CT molecular complexity index is 729. The van der Waals surface area contributed by atoms with Crippen LogP contribution < -0.4 is 20.1 Å². The van der Waals surface area contributed by atoms with Gasteiger partial charge in [0.25, 0.3) is 0 Å². The number of aromatic nitrogens is 1. The molecule has 0 bridgehead atoms. The van der Waals surface area contributed by atoms with Gasteiger partial charge in [0.1, 0.15) is 0 Å². The molecule has 9 heteroatoms. The molecule has 2 aliphatic heterocycles. The highest BCUT2D eigenvalue weighted by atomic mass is 32.1. The number of carbonyl (C=O) groups is 1. The van der Waals surface area contributed by atoms with Gasteiger partial charge in [-0.3, -0.25) is 4.79 Å². The summed E-state index contributed by atoms with van der Waals surface area (Å²) in [6.45, 7) is 1.65. The van der Waals surface area contributed by atoms with E-state index >= 15 is 0 Å². The fourth-order valence-electron chi connectivity index (χ4n) is 2.72. The summed E-state index contributed by atoms with van der Waals surface area (Å²) in [5.41, 5.74) is 0.482. The van der Waals surface area contributed by atoms with E-state index in [1.54, 1.807) is 0 Å². The van der Waals surface area contributed by atoms with Gasteiger partial charge in [-0.2, -0.15) is 0 Å². The fourth-order valence-corrected chi connectivity index (χ4v) is 3.60. The maximum Gasteiger partial charge on any atom is 0.586 e. The van der Waals surface area contributed by atoms with Crippen molar-refractivity contribution in [3.05, 3.63) is 12.1 Å². The molecule has 1 amide bonds. The Morgan fingerprint density at radius 2 is 2.00 bits per heavy atom. The second-order valence-electron chi connectivity index (χ2n) is 5.47. The first kappa shape index (κ1) is 14.6. The average molecular weight is 341 g/mol. The number of piperidine rings is 1. The lowest BCUT2D eigenvalue weighted by molar-refractivity contribution is -0.286. The van der Waals surface area contributed by atoms with Gasteiger partial charge in [0.15, 0.2) is 16.6 Å². The molecule has 0 spiro atoms. The third kappa shape index (κ3) is 2.81. The average Bonchev–Trinajstić information content (AvgIpc) is 3.02. The van der Waals surface area contributed by atoms with E-state index < -0.39 is 6.29 Å². The number of ether oxygens (including phenoxy) is 2. The number of alkyl halides is 2. The quantitative estimate of drug-likeness (QED) is 0.878. The van der Waals surface area contributed by atoms with Crippen LogP contribution in [0.2, 0.25) is 0 Å². The molecule has 2 aromatic rings. The molecule has 2 aliphatic rings. The number of nitrogens with zero attached hydrogens (tertiary/aromatic N) is 1. The molecule has 0 saturated carbocycles. The number of rotatable bonds is 2. The highest BCUT2D eigenvalue weighted by Gasteiger charge is 2.43. The third-order valence-electron chi connectivity index (χ3n) is 3.85. The lowest BCUT2D eigenvalue weighted by Crippen LogP contribution is -2.34. The predicted octanol–water partition coefficient (Wildman–Crippen LogP) is 2.56. The summed E-state index contributed by atoms with van der Waals surface area (Å²) in [4.78, 5) is 16.5. The van der Waals surface area contributed by atoms with Crippen LogP contribution in [0.15, 0.2) is 12.1 Å². The predicted molar refractivity (Wildman–Crippen MR) is 80.0 cm³/mol. The molecule has 1 aromatic heterocycles. The van der Waals surface area contributed by atoms with Gasteiger partial charge in [-0.25, -0.2) is 4.98 Å². The minimum atomic E-state index is -3.64. The molecule has 0 unspecified atom stereocenters. The van der Waals surface area contributed by atoms with Crippen LogP contribution in [0.3, 0.4) is 0 Å². The van der Waals surface area contributed by atoms with Crippen LogP contribution in [0.4, 0.5) is 13.9 Å². The second kappa shape index (κ2) is 5.27. The molecule has 3 heterocycles. The largest absolute Gasteiger partial charge is 0.586 e. The van der Waals surface area contributed by atoms with Crippen molar-refractivity contribution in [1.82, 2.24) is 10.3 Å². The number of halogens is 2. The molecule has 4 rings (SSSR count). The standard InChI is InChI=1S/C14H13F2N3O3S/c15-14(16)21-9-5-8-11(6-10(9)22-14)23-13(18-8)19-12(20)7-1-3-17-4-2-7/h5-7,17H,1-4H2,(H,18,19,20). The Morgan fingerprint density at radius 1 is 1.30 bits per heavy atom. The van der Waals surface area contributed by atoms with Crippen molar-refractivity contribution in [3.8, 4) is 11.5 Å². The van der Waals surface area contributed by atoms with Crippen molar-refractivity contribution < 1.29 is 23.0 Å². The van der Waals surface area contributed by atoms with Crippen molar-refractivity contribution >= 4 is 32.6 Å². The number of fused-ring (bicyclic) bond motifs is 2. The van der Waals surface area contributed by atoms with E-state index in [-0.39, 0.29) is 23.3 Å². The summed E-state index contributed by atoms with van der Waals surface area (Å²) in [5, 5.41) is 6.45. The Kier molecular flexibility index (Phi) is 3.34. The van der Waals surface area contributed by atoms with Gasteiger partial charge < -0.3 is 20.1 Å². The Balaban J connectivity index is 1.55. The normalized spacial score (nSPS) is 19.9. The first-order valence-corrected chi connectivity index (χ1v) is 8.04. The maximum absolute atomic E-state index is 13.0. The van der Waals surface area contributed by atoms with Gasteiger partial charge in [0, 0.05) is 18.1 Å². The molecule has 0 atom stereocenters. The van der Waals surface area contributed by atoms with Crippen LogP contribution in [0.5, 0.6) is 11.5 Å². The number of anilines is 1. The lowest BCUT2D eigenvalue weighted by Gasteiger charge is -2.20. The zero-order valence-corrected chi connectivity index (χ0v) is 12.7. The number of carbonyl (C=O) groups excluding carboxylic acids is 1. The summed E-state index contributed by atoms with van der Waals surface area (Å²) in [6.07, 6.45) is -2.05. The summed E-state index contributed by atoms with van der Waals surface area (Å²) in [7, 11) is 0. The Hall–Kier alpha value is -2.00. The van der Waals surface area contributed by atoms with E-state index in [2.05, 4.69) is 25.1 Å². The van der Waals surface area contributed by atoms with E-state index in [0.717, 1.165) is 25.9 Å². The molecule has 0 radical (unpaired) electrons. The minimum absolute atomic E-state index is 0.0256. The summed E-state index contributed by atoms with van der Waals surface area (Å²) < 4.78 is 35.5. The van der Waals surface area contributed by atoms with E-state index in [1.807, 2.05) is 0 Å². The van der Waals surface area contributed by atoms with E-state index in [1.165, 1.54) is 23.5 Å². The molecule has 2 N–H and O–H groups in total. The van der Waals surface area contributed by atoms with Crippen molar-refractivity contribution in [3.63, 3.8) is 0 Å². The first-order chi connectivity index (χ1) is 11.0. The zero-order valence-electron chi connectivity index (χ0n) is 11.9. The number of benzene rings is 1. The summed E-state index contributed by atoms with van der Waals surface area (Å²) in [6, 6.07) is 2.84. The van der Waals surface area contributed by atoms with E-state index in [0.29, 0.717) is 15.3 Å². The number of thiazole rings is 1. The Morgan fingerprint density at radius 3 is 2.74 bits per heavy atom. The van der Waals surface area contributed by atoms with Crippen LogP contribution in [0, 0.1) is 5.92 Å².